The van der Waals surface area contributed by atoms with Gasteiger partial charge in [0.05, 0.1) is 0 Å². The largest absolute Gasteiger partial charge is 0.399 e. The molecule has 0 fully saturated rings. The first-order chi connectivity index (χ1) is 11.6. The van der Waals surface area contributed by atoms with Crippen molar-refractivity contribution in [1.29, 1.82) is 0 Å². The molecular formula is C19H18N4O. The first kappa shape index (κ1) is 15.6. The monoisotopic (exact) mass is 318 g/mol. The van der Waals surface area contributed by atoms with Crippen LogP contribution in [0.2, 0.25) is 0 Å². The Morgan fingerprint density at radius 2 is 1.58 bits per heavy atom. The molecule has 0 aliphatic carbocycles. The van der Waals surface area contributed by atoms with Crippen molar-refractivity contribution in [2.45, 2.75) is 6.92 Å². The van der Waals surface area contributed by atoms with Gasteiger partial charge in [-0.25, -0.2) is 0 Å². The number of rotatable bonds is 4. The van der Waals surface area contributed by atoms with Crippen LogP contribution in [0.5, 0.6) is 0 Å². The molecule has 0 radical (unpaired) electrons. The maximum absolute atomic E-state index is 12.2. The number of carbonyl (C=O) groups is 1. The van der Waals surface area contributed by atoms with Gasteiger partial charge in [-0.3, -0.25) is 9.78 Å². The molecule has 4 N–H and O–H groups in total. The van der Waals surface area contributed by atoms with Crippen LogP contribution in [0.4, 0.5) is 22.7 Å². The van der Waals surface area contributed by atoms with Crippen LogP contribution in [-0.2, 0) is 0 Å². The molecule has 5 nitrogen and oxygen atoms in total. The van der Waals surface area contributed by atoms with Crippen molar-refractivity contribution in [3.05, 3.63) is 78.1 Å². The highest BCUT2D eigenvalue weighted by molar-refractivity contribution is 6.04. The highest BCUT2D eigenvalue weighted by atomic mass is 16.1. The zero-order chi connectivity index (χ0) is 16.9. The maximum atomic E-state index is 12.2. The second kappa shape index (κ2) is 6.83. The second-order valence-corrected chi connectivity index (χ2v) is 5.46. The van der Waals surface area contributed by atoms with Crippen LogP contribution in [0, 0.1) is 6.92 Å². The van der Waals surface area contributed by atoms with Crippen LogP contribution >= 0.6 is 0 Å². The van der Waals surface area contributed by atoms with Crippen LogP contribution in [0.15, 0.2) is 66.9 Å². The van der Waals surface area contributed by atoms with E-state index in [-0.39, 0.29) is 5.91 Å². The van der Waals surface area contributed by atoms with E-state index in [9.17, 15) is 4.79 Å². The van der Waals surface area contributed by atoms with Gasteiger partial charge in [-0.15, -0.1) is 0 Å². The SMILES string of the molecule is Cc1cc(Nc2ccc(NC(=O)c3ccc(N)cc3)cc2)ccn1. The maximum Gasteiger partial charge on any atom is 0.255 e. The van der Waals surface area contributed by atoms with E-state index in [0.717, 1.165) is 22.8 Å². The van der Waals surface area contributed by atoms with Gasteiger partial charge in [0.1, 0.15) is 0 Å². The standard InChI is InChI=1S/C19H18N4O/c1-13-12-18(10-11-21-13)22-16-6-8-17(9-7-16)23-19(24)14-2-4-15(20)5-3-14/h2-12H,20H2,1H3,(H,21,22)(H,23,24). The third kappa shape index (κ3) is 3.89. The lowest BCUT2D eigenvalue weighted by molar-refractivity contribution is 0.102. The quantitative estimate of drug-likeness (QED) is 0.636. The van der Waals surface area contributed by atoms with Crippen LogP contribution in [0.25, 0.3) is 0 Å². The number of carbonyl (C=O) groups excluding carboxylic acids is 1. The van der Waals surface area contributed by atoms with Crippen molar-refractivity contribution in [3.8, 4) is 0 Å². The third-order valence-corrected chi connectivity index (χ3v) is 3.50. The molecule has 0 aliphatic rings. The fourth-order valence-electron chi connectivity index (χ4n) is 2.26. The average Bonchev–Trinajstić information content (AvgIpc) is 2.57. The summed E-state index contributed by atoms with van der Waals surface area (Å²) in [6.45, 7) is 1.95. The highest BCUT2D eigenvalue weighted by Gasteiger charge is 2.05. The third-order valence-electron chi connectivity index (χ3n) is 3.50. The predicted octanol–water partition coefficient (Wildman–Crippen LogP) is 3.97. The van der Waals surface area contributed by atoms with Crippen LogP contribution in [0.3, 0.4) is 0 Å². The number of aryl methyl sites for hydroxylation is 1. The van der Waals surface area contributed by atoms with E-state index in [1.165, 1.54) is 0 Å². The molecule has 0 saturated heterocycles. The molecule has 1 heterocycles. The van der Waals surface area contributed by atoms with E-state index < -0.39 is 0 Å². The van der Waals surface area contributed by atoms with Gasteiger partial charge >= 0.3 is 0 Å². The molecule has 1 amide bonds. The molecule has 0 atom stereocenters. The lowest BCUT2D eigenvalue weighted by atomic mass is 10.2. The van der Waals surface area contributed by atoms with Crippen molar-refractivity contribution in [2.24, 2.45) is 0 Å². The number of aromatic nitrogens is 1. The molecule has 0 unspecified atom stereocenters. The van der Waals surface area contributed by atoms with Gasteiger partial charge in [-0.1, -0.05) is 0 Å². The fraction of sp³-hybridized carbons (Fsp3) is 0.0526. The Labute approximate surface area is 140 Å². The zero-order valence-corrected chi connectivity index (χ0v) is 13.3. The van der Waals surface area contributed by atoms with Gasteiger partial charge < -0.3 is 16.4 Å². The van der Waals surface area contributed by atoms with Gasteiger partial charge in [0.15, 0.2) is 0 Å². The first-order valence-electron chi connectivity index (χ1n) is 7.57. The summed E-state index contributed by atoms with van der Waals surface area (Å²) in [5.41, 5.74) is 10.4. The normalized spacial score (nSPS) is 10.2. The minimum Gasteiger partial charge on any atom is -0.399 e. The number of amides is 1. The Bertz CT molecular complexity index is 842. The van der Waals surface area contributed by atoms with E-state index in [1.54, 1.807) is 30.5 Å². The molecule has 2 aromatic carbocycles. The number of hydrogen-bond acceptors (Lipinski definition) is 4. The van der Waals surface area contributed by atoms with E-state index >= 15 is 0 Å². The van der Waals surface area contributed by atoms with Crippen LogP contribution in [-0.4, -0.2) is 10.9 Å². The number of pyridine rings is 1. The Morgan fingerprint density at radius 3 is 2.25 bits per heavy atom. The van der Waals surface area contributed by atoms with Crippen LogP contribution in [0.1, 0.15) is 16.1 Å². The molecular weight excluding hydrogens is 300 g/mol. The number of hydrogen-bond donors (Lipinski definition) is 3. The van der Waals surface area contributed by atoms with Gasteiger partial charge in [-0.05, 0) is 67.6 Å². The number of nitrogen functional groups attached to an aromatic ring is 1. The lowest BCUT2D eigenvalue weighted by Gasteiger charge is -2.09. The van der Waals surface area contributed by atoms with E-state index in [1.807, 2.05) is 43.3 Å². The molecule has 0 aliphatic heterocycles. The number of nitrogens with zero attached hydrogens (tertiary/aromatic N) is 1. The predicted molar refractivity (Wildman–Crippen MR) is 97.5 cm³/mol. The smallest absolute Gasteiger partial charge is 0.255 e. The van der Waals surface area contributed by atoms with E-state index in [4.69, 9.17) is 5.73 Å². The molecule has 3 rings (SSSR count). The number of nitrogens with two attached hydrogens (primary N) is 1. The summed E-state index contributed by atoms with van der Waals surface area (Å²) in [5.74, 6) is -0.166. The molecule has 3 aromatic rings. The Hall–Kier alpha value is -3.34. The summed E-state index contributed by atoms with van der Waals surface area (Å²) in [6, 6.07) is 18.2. The van der Waals surface area contributed by atoms with Gasteiger partial charge in [0.2, 0.25) is 0 Å². The Balaban J connectivity index is 1.66. The summed E-state index contributed by atoms with van der Waals surface area (Å²) in [4.78, 5) is 16.3. The highest BCUT2D eigenvalue weighted by Crippen LogP contribution is 2.19. The number of anilines is 4. The van der Waals surface area contributed by atoms with Gasteiger partial charge in [0.25, 0.3) is 5.91 Å². The summed E-state index contributed by atoms with van der Waals surface area (Å²) in [7, 11) is 0. The molecule has 5 heteroatoms. The van der Waals surface area contributed by atoms with E-state index in [2.05, 4.69) is 15.6 Å². The molecule has 0 spiro atoms. The summed E-state index contributed by atoms with van der Waals surface area (Å²) < 4.78 is 0. The van der Waals surface area contributed by atoms with Gasteiger partial charge in [0, 0.05) is 40.2 Å². The summed E-state index contributed by atoms with van der Waals surface area (Å²) >= 11 is 0. The van der Waals surface area contributed by atoms with Crippen molar-refractivity contribution < 1.29 is 4.79 Å². The first-order valence-corrected chi connectivity index (χ1v) is 7.57. The second-order valence-electron chi connectivity index (χ2n) is 5.46. The number of nitrogens with one attached hydrogen (secondary N) is 2. The Kier molecular flexibility index (Phi) is 4.43. The summed E-state index contributed by atoms with van der Waals surface area (Å²) in [5, 5.41) is 6.16. The van der Waals surface area contributed by atoms with Crippen molar-refractivity contribution >= 4 is 28.7 Å². The molecule has 1 aromatic heterocycles. The van der Waals surface area contributed by atoms with Crippen molar-refractivity contribution in [2.75, 3.05) is 16.4 Å². The number of benzene rings is 2. The minimum absolute atomic E-state index is 0.166. The molecule has 24 heavy (non-hydrogen) atoms. The van der Waals surface area contributed by atoms with Crippen molar-refractivity contribution in [3.63, 3.8) is 0 Å². The minimum atomic E-state index is -0.166. The molecule has 120 valence electrons. The van der Waals surface area contributed by atoms with E-state index in [0.29, 0.717) is 11.3 Å². The lowest BCUT2D eigenvalue weighted by Crippen LogP contribution is -2.11. The molecule has 0 bridgehead atoms. The zero-order valence-electron chi connectivity index (χ0n) is 13.3. The summed E-state index contributed by atoms with van der Waals surface area (Å²) in [6.07, 6.45) is 1.76. The van der Waals surface area contributed by atoms with Crippen molar-refractivity contribution in [1.82, 2.24) is 4.98 Å². The topological polar surface area (TPSA) is 80.0 Å². The van der Waals surface area contributed by atoms with Gasteiger partial charge in [-0.2, -0.15) is 0 Å². The molecule has 0 saturated carbocycles. The average molecular weight is 318 g/mol. The Morgan fingerprint density at radius 1 is 0.917 bits per heavy atom. The fourth-order valence-corrected chi connectivity index (χ4v) is 2.26. The van der Waals surface area contributed by atoms with Crippen LogP contribution < -0.4 is 16.4 Å².